The average molecular weight is 244 g/mol. The number of hydrogen-bond donors (Lipinski definition) is 1. The summed E-state index contributed by atoms with van der Waals surface area (Å²) in [4.78, 5) is 2.42. The molecule has 0 heterocycles. The van der Waals surface area contributed by atoms with Gasteiger partial charge in [0.15, 0.2) is 0 Å². The summed E-state index contributed by atoms with van der Waals surface area (Å²) in [6.45, 7) is 1.15. The van der Waals surface area contributed by atoms with Crippen LogP contribution in [0.1, 0.15) is 30.4 Å². The summed E-state index contributed by atoms with van der Waals surface area (Å²) in [5.74, 6) is 0. The Kier molecular flexibility index (Phi) is 3.16. The number of nitrogens with one attached hydrogen (secondary N) is 1. The number of rotatable bonds is 4. The van der Waals surface area contributed by atoms with Crippen molar-refractivity contribution in [2.24, 2.45) is 0 Å². The summed E-state index contributed by atoms with van der Waals surface area (Å²) in [6, 6.07) is 9.53. The van der Waals surface area contributed by atoms with Gasteiger partial charge in [0.1, 0.15) is 0 Å². The van der Waals surface area contributed by atoms with Crippen LogP contribution in [-0.2, 0) is 12.8 Å². The number of hydrogen-bond acceptors (Lipinski definition) is 2. The zero-order valence-electron chi connectivity index (χ0n) is 11.6. The van der Waals surface area contributed by atoms with Crippen LogP contribution >= 0.6 is 0 Å². The van der Waals surface area contributed by atoms with Gasteiger partial charge in [0.05, 0.1) is 0 Å². The molecule has 0 radical (unpaired) electrons. The van der Waals surface area contributed by atoms with E-state index in [-0.39, 0.29) is 0 Å². The van der Waals surface area contributed by atoms with Crippen LogP contribution in [0, 0.1) is 0 Å². The normalized spacial score (nSPS) is 21.9. The molecule has 0 bridgehead atoms. The van der Waals surface area contributed by atoms with Crippen molar-refractivity contribution in [1.29, 1.82) is 0 Å². The van der Waals surface area contributed by atoms with Crippen molar-refractivity contribution in [3.05, 3.63) is 35.4 Å². The maximum Gasteiger partial charge on any atom is 0.0328 e. The molecular formula is C16H24N2. The maximum absolute atomic E-state index is 3.81. The van der Waals surface area contributed by atoms with Crippen LogP contribution < -0.4 is 5.32 Å². The van der Waals surface area contributed by atoms with E-state index >= 15 is 0 Å². The summed E-state index contributed by atoms with van der Waals surface area (Å²) < 4.78 is 0. The molecule has 0 unspecified atom stereocenters. The van der Waals surface area contributed by atoms with Crippen LogP contribution in [0.5, 0.6) is 0 Å². The highest BCUT2D eigenvalue weighted by Crippen LogP contribution is 2.35. The van der Waals surface area contributed by atoms with Gasteiger partial charge in [-0.3, -0.25) is 0 Å². The van der Waals surface area contributed by atoms with Gasteiger partial charge in [-0.05, 0) is 57.3 Å². The molecule has 2 heteroatoms. The van der Waals surface area contributed by atoms with Gasteiger partial charge in [0, 0.05) is 18.1 Å². The molecule has 1 fully saturated rings. The van der Waals surface area contributed by atoms with Gasteiger partial charge in [-0.1, -0.05) is 24.3 Å². The van der Waals surface area contributed by atoms with Crippen molar-refractivity contribution < 1.29 is 0 Å². The Morgan fingerprint density at radius 2 is 1.78 bits per heavy atom. The van der Waals surface area contributed by atoms with Crippen molar-refractivity contribution in [3.63, 3.8) is 0 Å². The van der Waals surface area contributed by atoms with Crippen LogP contribution in [0.15, 0.2) is 24.3 Å². The molecule has 0 amide bonds. The third-order valence-electron chi connectivity index (χ3n) is 5.00. The molecule has 1 N–H and O–H groups in total. The quantitative estimate of drug-likeness (QED) is 0.874. The second-order valence-electron chi connectivity index (χ2n) is 6.23. The van der Waals surface area contributed by atoms with Gasteiger partial charge < -0.3 is 10.2 Å². The van der Waals surface area contributed by atoms with Crippen LogP contribution in [0.2, 0.25) is 0 Å². The van der Waals surface area contributed by atoms with Gasteiger partial charge in [-0.2, -0.15) is 0 Å². The van der Waals surface area contributed by atoms with E-state index in [1.807, 2.05) is 0 Å². The van der Waals surface area contributed by atoms with Crippen LogP contribution in [-0.4, -0.2) is 37.1 Å². The molecule has 2 nitrogen and oxygen atoms in total. The Morgan fingerprint density at radius 1 is 1.17 bits per heavy atom. The molecule has 0 aromatic heterocycles. The minimum atomic E-state index is 0.439. The predicted octanol–water partition coefficient (Wildman–Crippen LogP) is 2.23. The lowest BCUT2D eigenvalue weighted by molar-refractivity contribution is 0.0574. The summed E-state index contributed by atoms with van der Waals surface area (Å²) in [5.41, 5.74) is 3.53. The number of likely N-dealkylation sites (N-methyl/N-ethyl adjacent to an activating group) is 1. The van der Waals surface area contributed by atoms with Crippen LogP contribution in [0.3, 0.4) is 0 Å². The van der Waals surface area contributed by atoms with Crippen molar-refractivity contribution in [1.82, 2.24) is 10.2 Å². The summed E-state index contributed by atoms with van der Waals surface area (Å²) in [7, 11) is 4.45. The van der Waals surface area contributed by atoms with Crippen molar-refractivity contribution in [2.75, 3.05) is 20.6 Å². The fourth-order valence-electron chi connectivity index (χ4n) is 3.40. The standard InChI is InChI=1S/C16H24N2/c1-18(2)16(8-5-9-16)12-17-15-10-13-6-3-4-7-14(13)11-15/h3-4,6-7,15,17H,5,8-12H2,1-2H3. The molecule has 0 atom stereocenters. The third kappa shape index (κ3) is 2.08. The number of benzene rings is 1. The van der Waals surface area contributed by atoms with Crippen LogP contribution in [0.4, 0.5) is 0 Å². The third-order valence-corrected chi connectivity index (χ3v) is 5.00. The minimum absolute atomic E-state index is 0.439. The first-order chi connectivity index (χ1) is 8.70. The Morgan fingerprint density at radius 3 is 2.22 bits per heavy atom. The second-order valence-corrected chi connectivity index (χ2v) is 6.23. The fraction of sp³-hybridized carbons (Fsp3) is 0.625. The first-order valence-electron chi connectivity index (χ1n) is 7.17. The lowest BCUT2D eigenvalue weighted by Gasteiger charge is -2.48. The highest BCUT2D eigenvalue weighted by molar-refractivity contribution is 5.33. The summed E-state index contributed by atoms with van der Waals surface area (Å²) in [5, 5.41) is 3.81. The molecular weight excluding hydrogens is 220 g/mol. The molecule has 0 aliphatic heterocycles. The lowest BCUT2D eigenvalue weighted by Crippen LogP contribution is -2.57. The van der Waals surface area contributed by atoms with Crippen molar-refractivity contribution in [3.8, 4) is 0 Å². The Labute approximate surface area is 110 Å². The molecule has 0 spiro atoms. The van der Waals surface area contributed by atoms with E-state index in [9.17, 15) is 0 Å². The zero-order chi connectivity index (χ0) is 12.6. The maximum atomic E-state index is 3.81. The monoisotopic (exact) mass is 244 g/mol. The Bertz CT molecular complexity index is 396. The van der Waals surface area contributed by atoms with Gasteiger partial charge in [-0.15, -0.1) is 0 Å². The van der Waals surface area contributed by atoms with Gasteiger partial charge in [0.2, 0.25) is 0 Å². The Balaban J connectivity index is 1.57. The fourth-order valence-corrected chi connectivity index (χ4v) is 3.40. The first-order valence-corrected chi connectivity index (χ1v) is 7.17. The molecule has 1 aromatic rings. The highest BCUT2D eigenvalue weighted by atomic mass is 15.2. The summed E-state index contributed by atoms with van der Waals surface area (Å²) >= 11 is 0. The molecule has 0 saturated heterocycles. The highest BCUT2D eigenvalue weighted by Gasteiger charge is 2.39. The molecule has 2 aliphatic rings. The second kappa shape index (κ2) is 4.67. The smallest absolute Gasteiger partial charge is 0.0328 e. The topological polar surface area (TPSA) is 15.3 Å². The van der Waals surface area contributed by atoms with E-state index in [1.54, 1.807) is 11.1 Å². The molecule has 98 valence electrons. The molecule has 1 aromatic carbocycles. The number of fused-ring (bicyclic) bond motifs is 1. The molecule has 1 saturated carbocycles. The molecule has 2 aliphatic carbocycles. The van der Waals surface area contributed by atoms with E-state index in [4.69, 9.17) is 0 Å². The zero-order valence-corrected chi connectivity index (χ0v) is 11.6. The van der Waals surface area contributed by atoms with E-state index in [0.717, 1.165) is 6.54 Å². The SMILES string of the molecule is CN(C)C1(CNC2Cc3ccccc3C2)CCC1. The lowest BCUT2D eigenvalue weighted by atomic mass is 9.75. The van der Waals surface area contributed by atoms with Gasteiger partial charge in [-0.25, -0.2) is 0 Å². The van der Waals surface area contributed by atoms with E-state index < -0.39 is 0 Å². The largest absolute Gasteiger partial charge is 0.311 e. The minimum Gasteiger partial charge on any atom is -0.311 e. The Hall–Kier alpha value is -0.860. The molecule has 3 rings (SSSR count). The van der Waals surface area contributed by atoms with Crippen molar-refractivity contribution >= 4 is 0 Å². The van der Waals surface area contributed by atoms with Crippen LogP contribution in [0.25, 0.3) is 0 Å². The van der Waals surface area contributed by atoms with E-state index in [1.165, 1.54) is 32.1 Å². The predicted molar refractivity (Wildman–Crippen MR) is 75.9 cm³/mol. The van der Waals surface area contributed by atoms with Crippen molar-refractivity contribution in [2.45, 2.75) is 43.7 Å². The first kappa shape index (κ1) is 12.2. The molecule has 18 heavy (non-hydrogen) atoms. The van der Waals surface area contributed by atoms with Gasteiger partial charge in [0.25, 0.3) is 0 Å². The van der Waals surface area contributed by atoms with E-state index in [2.05, 4.69) is 48.6 Å². The summed E-state index contributed by atoms with van der Waals surface area (Å²) in [6.07, 6.45) is 6.52. The van der Waals surface area contributed by atoms with E-state index in [0.29, 0.717) is 11.6 Å². The average Bonchev–Trinajstić information content (AvgIpc) is 2.69. The van der Waals surface area contributed by atoms with Gasteiger partial charge >= 0.3 is 0 Å². The number of nitrogens with zero attached hydrogens (tertiary/aromatic N) is 1.